The van der Waals surface area contributed by atoms with Crippen LogP contribution in [0.2, 0.25) is 0 Å². The SMILES string of the molecule is Cc1cc2oc(=O)cc(C[NH+](C)Cc3ccc(OC(F)F)cc3)c2cc1C. The molecule has 142 valence electrons. The van der Waals surface area contributed by atoms with Crippen LogP contribution in [0.5, 0.6) is 5.75 Å². The van der Waals surface area contributed by atoms with Crippen molar-refractivity contribution >= 4 is 11.0 Å². The smallest absolute Gasteiger partial charge is 0.387 e. The number of hydrogen-bond donors (Lipinski definition) is 1. The predicted molar refractivity (Wildman–Crippen MR) is 99.3 cm³/mol. The van der Waals surface area contributed by atoms with Crippen molar-refractivity contribution in [2.75, 3.05) is 7.05 Å². The topological polar surface area (TPSA) is 43.9 Å². The fraction of sp³-hybridized carbons (Fsp3) is 0.286. The second-order valence-electron chi connectivity index (χ2n) is 6.86. The van der Waals surface area contributed by atoms with Gasteiger partial charge in [0.25, 0.3) is 0 Å². The first-order chi connectivity index (χ1) is 12.8. The van der Waals surface area contributed by atoms with Gasteiger partial charge in [0.2, 0.25) is 0 Å². The molecule has 1 N–H and O–H groups in total. The third kappa shape index (κ3) is 4.71. The molecule has 0 aliphatic carbocycles. The highest BCUT2D eigenvalue weighted by Gasteiger charge is 2.13. The third-order valence-corrected chi connectivity index (χ3v) is 4.59. The maximum atomic E-state index is 12.2. The lowest BCUT2D eigenvalue weighted by Gasteiger charge is -2.16. The number of halogens is 2. The quantitative estimate of drug-likeness (QED) is 0.674. The van der Waals surface area contributed by atoms with Crippen molar-refractivity contribution in [3.8, 4) is 5.75 Å². The summed E-state index contributed by atoms with van der Waals surface area (Å²) >= 11 is 0. The van der Waals surface area contributed by atoms with Gasteiger partial charge in [0.1, 0.15) is 24.4 Å². The molecule has 0 fully saturated rings. The van der Waals surface area contributed by atoms with Gasteiger partial charge in [-0.25, -0.2) is 4.79 Å². The molecule has 0 amide bonds. The summed E-state index contributed by atoms with van der Waals surface area (Å²) < 4.78 is 34.2. The van der Waals surface area contributed by atoms with E-state index in [9.17, 15) is 13.6 Å². The van der Waals surface area contributed by atoms with Crippen LogP contribution in [-0.2, 0) is 13.1 Å². The molecule has 0 spiro atoms. The largest absolute Gasteiger partial charge is 0.435 e. The van der Waals surface area contributed by atoms with Crippen molar-refractivity contribution in [1.82, 2.24) is 0 Å². The number of rotatable bonds is 6. The lowest BCUT2D eigenvalue weighted by molar-refractivity contribution is -0.907. The van der Waals surface area contributed by atoms with Crippen LogP contribution in [0.4, 0.5) is 8.78 Å². The van der Waals surface area contributed by atoms with Crippen LogP contribution in [0.3, 0.4) is 0 Å². The zero-order chi connectivity index (χ0) is 19.6. The molecular formula is C21H22F2NO3+. The maximum Gasteiger partial charge on any atom is 0.387 e. The average molecular weight is 374 g/mol. The van der Waals surface area contributed by atoms with Crippen LogP contribution >= 0.6 is 0 Å². The molecule has 0 bridgehead atoms. The minimum Gasteiger partial charge on any atom is -0.435 e. The van der Waals surface area contributed by atoms with Gasteiger partial charge in [0.05, 0.1) is 7.05 Å². The second-order valence-corrected chi connectivity index (χ2v) is 6.86. The third-order valence-electron chi connectivity index (χ3n) is 4.59. The summed E-state index contributed by atoms with van der Waals surface area (Å²) in [4.78, 5) is 13.1. The van der Waals surface area contributed by atoms with Crippen LogP contribution < -0.4 is 15.3 Å². The van der Waals surface area contributed by atoms with Crippen molar-refractivity contribution in [3.63, 3.8) is 0 Å². The van der Waals surface area contributed by atoms with E-state index in [2.05, 4.69) is 4.74 Å². The fourth-order valence-corrected chi connectivity index (χ4v) is 3.15. The minimum atomic E-state index is -2.82. The molecule has 1 aromatic heterocycles. The minimum absolute atomic E-state index is 0.143. The number of benzene rings is 2. The molecule has 1 unspecified atom stereocenters. The van der Waals surface area contributed by atoms with Crippen LogP contribution in [-0.4, -0.2) is 13.7 Å². The highest BCUT2D eigenvalue weighted by Crippen LogP contribution is 2.21. The Hall–Kier alpha value is -2.73. The van der Waals surface area contributed by atoms with E-state index < -0.39 is 6.61 Å². The molecule has 0 saturated heterocycles. The highest BCUT2D eigenvalue weighted by molar-refractivity contribution is 5.81. The van der Waals surface area contributed by atoms with Crippen LogP contribution in [0.15, 0.2) is 51.7 Å². The molecule has 2 aromatic carbocycles. The molecule has 1 heterocycles. The van der Waals surface area contributed by atoms with E-state index in [1.165, 1.54) is 12.1 Å². The van der Waals surface area contributed by atoms with Gasteiger partial charge in [0, 0.05) is 22.6 Å². The van der Waals surface area contributed by atoms with Gasteiger partial charge in [-0.2, -0.15) is 8.78 Å². The molecule has 0 aliphatic heterocycles. The summed E-state index contributed by atoms with van der Waals surface area (Å²) in [5, 5.41) is 0.942. The standard InChI is InChI=1S/C21H21F2NO3/c1-13-8-18-16(10-20(25)27-19(18)9-14(13)2)12-24(3)11-15-4-6-17(7-5-15)26-21(22)23/h4-10,21H,11-12H2,1-3H3/p+1. The molecule has 0 saturated carbocycles. The average Bonchev–Trinajstić information content (AvgIpc) is 2.58. The summed E-state index contributed by atoms with van der Waals surface area (Å²) in [7, 11) is 2.02. The molecule has 27 heavy (non-hydrogen) atoms. The van der Waals surface area contributed by atoms with Crippen molar-refractivity contribution in [2.45, 2.75) is 33.5 Å². The number of hydrogen-bond acceptors (Lipinski definition) is 3. The Morgan fingerprint density at radius 2 is 1.70 bits per heavy atom. The number of fused-ring (bicyclic) bond motifs is 1. The van der Waals surface area contributed by atoms with Crippen molar-refractivity contribution < 1.29 is 22.8 Å². The van der Waals surface area contributed by atoms with E-state index in [-0.39, 0.29) is 11.4 Å². The van der Waals surface area contributed by atoms with Crippen LogP contribution in [0, 0.1) is 13.8 Å². The van der Waals surface area contributed by atoms with E-state index >= 15 is 0 Å². The zero-order valence-electron chi connectivity index (χ0n) is 15.5. The van der Waals surface area contributed by atoms with Gasteiger partial charge < -0.3 is 14.1 Å². The van der Waals surface area contributed by atoms with Gasteiger partial charge in [-0.1, -0.05) is 0 Å². The monoisotopic (exact) mass is 374 g/mol. The number of aryl methyl sites for hydroxylation is 2. The predicted octanol–water partition coefficient (Wildman–Crippen LogP) is 3.23. The molecular weight excluding hydrogens is 352 g/mol. The molecule has 4 nitrogen and oxygen atoms in total. The number of quaternary nitrogens is 1. The van der Waals surface area contributed by atoms with Crippen molar-refractivity contribution in [3.05, 3.63) is 75.1 Å². The highest BCUT2D eigenvalue weighted by atomic mass is 19.3. The Labute approximate surface area is 156 Å². The van der Waals surface area contributed by atoms with Crippen molar-refractivity contribution in [1.29, 1.82) is 0 Å². The number of alkyl halides is 2. The maximum absolute atomic E-state index is 12.2. The van der Waals surface area contributed by atoms with Gasteiger partial charge in [-0.05, 0) is 61.4 Å². The Bertz CT molecular complexity index is 997. The summed E-state index contributed by atoms with van der Waals surface area (Å²) in [6, 6.07) is 12.1. The molecule has 6 heteroatoms. The van der Waals surface area contributed by atoms with E-state index in [0.29, 0.717) is 18.7 Å². The first-order valence-electron chi connectivity index (χ1n) is 8.71. The van der Waals surface area contributed by atoms with Gasteiger partial charge >= 0.3 is 12.2 Å². The summed E-state index contributed by atoms with van der Waals surface area (Å²) in [6.07, 6.45) is 0. The summed E-state index contributed by atoms with van der Waals surface area (Å²) in [6.45, 7) is 2.51. The summed E-state index contributed by atoms with van der Waals surface area (Å²) in [5.41, 5.74) is 4.39. The zero-order valence-corrected chi connectivity index (χ0v) is 15.5. The van der Waals surface area contributed by atoms with Crippen LogP contribution in [0.25, 0.3) is 11.0 Å². The number of ether oxygens (including phenoxy) is 1. The van der Waals surface area contributed by atoms with E-state index in [1.54, 1.807) is 18.2 Å². The lowest BCUT2D eigenvalue weighted by Crippen LogP contribution is -3.06. The number of nitrogens with one attached hydrogen (secondary N) is 1. The molecule has 3 aromatic rings. The molecule has 3 rings (SSSR count). The van der Waals surface area contributed by atoms with E-state index in [0.717, 1.165) is 32.5 Å². The van der Waals surface area contributed by atoms with Gasteiger partial charge in [-0.3, -0.25) is 0 Å². The van der Waals surface area contributed by atoms with Crippen molar-refractivity contribution in [2.24, 2.45) is 0 Å². The second kappa shape index (κ2) is 7.88. The van der Waals surface area contributed by atoms with E-state index in [1.807, 2.05) is 33.0 Å². The Morgan fingerprint density at radius 3 is 2.37 bits per heavy atom. The van der Waals surface area contributed by atoms with E-state index in [4.69, 9.17) is 4.42 Å². The van der Waals surface area contributed by atoms with Gasteiger partial charge in [0.15, 0.2) is 0 Å². The normalized spacial score (nSPS) is 12.5. The van der Waals surface area contributed by atoms with Gasteiger partial charge in [-0.15, -0.1) is 0 Å². The van der Waals surface area contributed by atoms with Crippen LogP contribution in [0.1, 0.15) is 22.3 Å². The Balaban J connectivity index is 1.78. The molecule has 1 atom stereocenters. The molecule has 0 aliphatic rings. The lowest BCUT2D eigenvalue weighted by atomic mass is 10.0. The first kappa shape index (κ1) is 19.0. The molecule has 0 radical (unpaired) electrons. The first-order valence-corrected chi connectivity index (χ1v) is 8.71. The Morgan fingerprint density at radius 1 is 1.04 bits per heavy atom. The Kier molecular flexibility index (Phi) is 5.56. The summed E-state index contributed by atoms with van der Waals surface area (Å²) in [5.74, 6) is 0.143. The fourth-order valence-electron chi connectivity index (χ4n) is 3.15.